The summed E-state index contributed by atoms with van der Waals surface area (Å²) in [4.78, 5) is 22.8. The number of amides is 1. The summed E-state index contributed by atoms with van der Waals surface area (Å²) >= 11 is 0. The summed E-state index contributed by atoms with van der Waals surface area (Å²) in [7, 11) is -2.42. The van der Waals surface area contributed by atoms with E-state index in [-0.39, 0.29) is 41.1 Å². The predicted molar refractivity (Wildman–Crippen MR) is 90.1 cm³/mol. The Hall–Kier alpha value is -2.13. The highest BCUT2D eigenvalue weighted by Gasteiger charge is 2.30. The Balaban J connectivity index is 2.17. The molecular weight excluding hydrogens is 348 g/mol. The Kier molecular flexibility index (Phi) is 6.02. The smallest absolute Gasteiger partial charge is 0.303 e. The highest BCUT2D eigenvalue weighted by Crippen LogP contribution is 2.28. The molecule has 1 atom stereocenters. The number of nitrogens with one attached hydrogen (secondary N) is 2. The number of hydrogen-bond donors (Lipinski definition) is 3. The minimum absolute atomic E-state index is 0.0605. The van der Waals surface area contributed by atoms with Crippen molar-refractivity contribution < 1.29 is 27.9 Å². The summed E-state index contributed by atoms with van der Waals surface area (Å²) in [6, 6.07) is 3.74. The van der Waals surface area contributed by atoms with E-state index >= 15 is 0 Å². The van der Waals surface area contributed by atoms with Crippen molar-refractivity contribution in [3.8, 4) is 5.75 Å². The molecule has 3 N–H and O–H groups in total. The molecule has 0 aliphatic heterocycles. The molecular formula is C16H22N2O6S. The first-order chi connectivity index (χ1) is 11.7. The maximum Gasteiger partial charge on any atom is 0.303 e. The van der Waals surface area contributed by atoms with E-state index in [0.29, 0.717) is 0 Å². The van der Waals surface area contributed by atoms with Gasteiger partial charge in [-0.05, 0) is 44.4 Å². The van der Waals surface area contributed by atoms with Crippen LogP contribution in [0.5, 0.6) is 5.75 Å². The molecule has 0 radical (unpaired) electrons. The van der Waals surface area contributed by atoms with E-state index in [4.69, 9.17) is 9.84 Å². The number of sulfonamides is 1. The summed E-state index contributed by atoms with van der Waals surface area (Å²) < 4.78 is 32.6. The molecule has 0 saturated heterocycles. The van der Waals surface area contributed by atoms with Crippen molar-refractivity contribution in [1.82, 2.24) is 10.0 Å². The maximum atomic E-state index is 12.4. The molecule has 2 rings (SSSR count). The van der Waals surface area contributed by atoms with E-state index < -0.39 is 21.9 Å². The van der Waals surface area contributed by atoms with Gasteiger partial charge in [0.2, 0.25) is 10.0 Å². The van der Waals surface area contributed by atoms with Crippen molar-refractivity contribution in [3.63, 3.8) is 0 Å². The zero-order chi connectivity index (χ0) is 18.6. The van der Waals surface area contributed by atoms with Crippen molar-refractivity contribution in [2.24, 2.45) is 0 Å². The third kappa shape index (κ3) is 5.43. The summed E-state index contributed by atoms with van der Waals surface area (Å²) in [5.41, 5.74) is 0.166. The van der Waals surface area contributed by atoms with Gasteiger partial charge in [0.25, 0.3) is 5.91 Å². The second kappa shape index (κ2) is 7.83. The number of benzene rings is 1. The number of carboxylic acids is 1. The maximum absolute atomic E-state index is 12.4. The SMILES string of the molecule is COc1ccc(C(=O)NC(C)CCC(=O)O)cc1S(=O)(=O)NC1CC1. The number of carboxylic acid groups (broad SMARTS) is 1. The fourth-order valence-corrected chi connectivity index (χ4v) is 3.73. The van der Waals surface area contributed by atoms with Gasteiger partial charge < -0.3 is 15.2 Å². The first kappa shape index (κ1) is 19.2. The van der Waals surface area contributed by atoms with Crippen LogP contribution in [-0.2, 0) is 14.8 Å². The second-order valence-corrected chi connectivity index (χ2v) is 7.75. The number of carbonyl (C=O) groups is 2. The number of ether oxygens (including phenoxy) is 1. The van der Waals surface area contributed by atoms with Crippen LogP contribution in [-0.4, -0.2) is 44.6 Å². The Morgan fingerprint density at radius 3 is 2.60 bits per heavy atom. The molecule has 0 heterocycles. The fourth-order valence-electron chi connectivity index (χ4n) is 2.23. The minimum atomic E-state index is -3.78. The molecule has 9 heteroatoms. The topological polar surface area (TPSA) is 122 Å². The Labute approximate surface area is 146 Å². The van der Waals surface area contributed by atoms with Crippen LogP contribution in [0.2, 0.25) is 0 Å². The summed E-state index contributed by atoms with van der Waals surface area (Å²) in [5, 5.41) is 11.3. The molecule has 1 aromatic carbocycles. The lowest BCUT2D eigenvalue weighted by molar-refractivity contribution is -0.137. The molecule has 138 valence electrons. The van der Waals surface area contributed by atoms with Gasteiger partial charge in [0.05, 0.1) is 7.11 Å². The van der Waals surface area contributed by atoms with Gasteiger partial charge in [-0.2, -0.15) is 0 Å². The number of aliphatic carboxylic acids is 1. The lowest BCUT2D eigenvalue weighted by Crippen LogP contribution is -2.33. The van der Waals surface area contributed by atoms with E-state index in [1.54, 1.807) is 6.92 Å². The van der Waals surface area contributed by atoms with Gasteiger partial charge in [-0.3, -0.25) is 9.59 Å². The van der Waals surface area contributed by atoms with Gasteiger partial charge >= 0.3 is 5.97 Å². The van der Waals surface area contributed by atoms with Gasteiger partial charge in [0.1, 0.15) is 10.6 Å². The third-order valence-corrected chi connectivity index (χ3v) is 5.32. The largest absolute Gasteiger partial charge is 0.495 e. The van der Waals surface area contributed by atoms with Crippen molar-refractivity contribution in [3.05, 3.63) is 23.8 Å². The van der Waals surface area contributed by atoms with Gasteiger partial charge in [0, 0.05) is 24.1 Å². The molecule has 0 bridgehead atoms. The van der Waals surface area contributed by atoms with Crippen molar-refractivity contribution >= 4 is 21.9 Å². The molecule has 1 aliphatic rings. The Morgan fingerprint density at radius 2 is 2.04 bits per heavy atom. The zero-order valence-electron chi connectivity index (χ0n) is 14.1. The molecule has 0 spiro atoms. The van der Waals surface area contributed by atoms with Crippen LogP contribution in [0.1, 0.15) is 43.0 Å². The summed E-state index contributed by atoms with van der Waals surface area (Å²) in [6.45, 7) is 1.69. The van der Waals surface area contributed by atoms with Gasteiger partial charge in [0.15, 0.2) is 0 Å². The van der Waals surface area contributed by atoms with E-state index in [1.807, 2.05) is 0 Å². The highest BCUT2D eigenvalue weighted by molar-refractivity contribution is 7.89. The van der Waals surface area contributed by atoms with Gasteiger partial charge in [-0.1, -0.05) is 0 Å². The second-order valence-electron chi connectivity index (χ2n) is 6.07. The van der Waals surface area contributed by atoms with Gasteiger partial charge in [-0.15, -0.1) is 0 Å². The highest BCUT2D eigenvalue weighted by atomic mass is 32.2. The van der Waals surface area contributed by atoms with Crippen LogP contribution in [0, 0.1) is 0 Å². The van der Waals surface area contributed by atoms with Crippen LogP contribution < -0.4 is 14.8 Å². The molecule has 0 aromatic heterocycles. The first-order valence-electron chi connectivity index (χ1n) is 7.96. The molecule has 1 fully saturated rings. The van der Waals surface area contributed by atoms with Crippen LogP contribution in [0.25, 0.3) is 0 Å². The molecule has 25 heavy (non-hydrogen) atoms. The van der Waals surface area contributed by atoms with Gasteiger partial charge in [-0.25, -0.2) is 13.1 Å². The van der Waals surface area contributed by atoms with Crippen LogP contribution in [0.4, 0.5) is 0 Å². The lowest BCUT2D eigenvalue weighted by Gasteiger charge is -2.15. The van der Waals surface area contributed by atoms with E-state index in [0.717, 1.165) is 12.8 Å². The Bertz CT molecular complexity index is 758. The van der Waals surface area contributed by atoms with Crippen LogP contribution in [0.15, 0.2) is 23.1 Å². The fraction of sp³-hybridized carbons (Fsp3) is 0.500. The first-order valence-corrected chi connectivity index (χ1v) is 9.44. The summed E-state index contributed by atoms with van der Waals surface area (Å²) in [5.74, 6) is -1.25. The zero-order valence-corrected chi connectivity index (χ0v) is 14.9. The van der Waals surface area contributed by atoms with Crippen molar-refractivity contribution in [2.45, 2.75) is 49.6 Å². The molecule has 1 saturated carbocycles. The average Bonchev–Trinajstić information content (AvgIpc) is 3.35. The minimum Gasteiger partial charge on any atom is -0.495 e. The molecule has 8 nitrogen and oxygen atoms in total. The average molecular weight is 370 g/mol. The quantitative estimate of drug-likeness (QED) is 0.599. The summed E-state index contributed by atoms with van der Waals surface area (Å²) in [6.07, 6.45) is 1.81. The molecule has 1 amide bonds. The van der Waals surface area contributed by atoms with Crippen molar-refractivity contribution in [1.29, 1.82) is 0 Å². The normalized spacial score (nSPS) is 15.4. The van der Waals surface area contributed by atoms with Crippen LogP contribution >= 0.6 is 0 Å². The molecule has 1 aromatic rings. The molecule has 1 aliphatic carbocycles. The third-order valence-electron chi connectivity index (χ3n) is 3.78. The van der Waals surface area contributed by atoms with Crippen molar-refractivity contribution in [2.75, 3.05) is 7.11 Å². The number of rotatable bonds is 9. The number of carbonyl (C=O) groups excluding carboxylic acids is 1. The van der Waals surface area contributed by atoms with E-state index in [1.165, 1.54) is 25.3 Å². The Morgan fingerprint density at radius 1 is 1.36 bits per heavy atom. The van der Waals surface area contributed by atoms with E-state index in [2.05, 4.69) is 10.0 Å². The van der Waals surface area contributed by atoms with Crippen LogP contribution in [0.3, 0.4) is 0 Å². The van der Waals surface area contributed by atoms with E-state index in [9.17, 15) is 18.0 Å². The predicted octanol–water partition coefficient (Wildman–Crippen LogP) is 1.12. The monoisotopic (exact) mass is 370 g/mol. The number of methoxy groups -OCH3 is 1. The lowest BCUT2D eigenvalue weighted by atomic mass is 10.1. The molecule has 1 unspecified atom stereocenters. The number of hydrogen-bond acceptors (Lipinski definition) is 5. The standard InChI is InChI=1S/C16H22N2O6S/c1-10(3-8-15(19)20)17-16(21)11-4-7-13(24-2)14(9-11)25(22,23)18-12-5-6-12/h4,7,9-10,12,18H,3,5-6,8H2,1-2H3,(H,17,21)(H,19,20).